The Hall–Kier alpha value is -3.97. The third-order valence-corrected chi connectivity index (χ3v) is 5.07. The van der Waals surface area contributed by atoms with Crippen LogP contribution in [0.3, 0.4) is 0 Å². The predicted molar refractivity (Wildman–Crippen MR) is 118 cm³/mol. The van der Waals surface area contributed by atoms with Crippen molar-refractivity contribution in [2.24, 2.45) is 0 Å². The largest absolute Gasteiger partial charge is 0.459 e. The van der Waals surface area contributed by atoms with Gasteiger partial charge in [0.05, 0.1) is 23.1 Å². The van der Waals surface area contributed by atoms with Crippen LogP contribution in [0.5, 0.6) is 0 Å². The van der Waals surface area contributed by atoms with Crippen molar-refractivity contribution in [1.29, 1.82) is 0 Å². The minimum Gasteiger partial charge on any atom is -0.459 e. The summed E-state index contributed by atoms with van der Waals surface area (Å²) < 4.78 is 22.2. The Morgan fingerprint density at radius 3 is 1.64 bits per heavy atom. The molecule has 3 aromatic carbocycles. The molecule has 168 valence electrons. The lowest BCUT2D eigenvalue weighted by atomic mass is 10.1. The van der Waals surface area contributed by atoms with E-state index in [-0.39, 0.29) is 13.0 Å². The standard InChI is InChI=1S/C26H22O7/c27-24(18-10-4-1-5-11-18)30-17-22-21(32-25(28)19-12-6-2-7-13-19)16-23(31-22)33-26(29)20-14-8-3-9-15-20/h1-15,21-23H,16-17H2/t21-,22-,23+/m1/s1. The van der Waals surface area contributed by atoms with E-state index in [1.54, 1.807) is 91.0 Å². The fourth-order valence-electron chi connectivity index (χ4n) is 3.38. The molecule has 7 nitrogen and oxygen atoms in total. The molecule has 1 aliphatic heterocycles. The van der Waals surface area contributed by atoms with Crippen LogP contribution in [0.25, 0.3) is 0 Å². The topological polar surface area (TPSA) is 88.1 Å². The highest BCUT2D eigenvalue weighted by atomic mass is 16.7. The van der Waals surface area contributed by atoms with E-state index in [9.17, 15) is 14.4 Å². The molecular formula is C26H22O7. The van der Waals surface area contributed by atoms with Gasteiger partial charge in [0, 0.05) is 0 Å². The first-order valence-electron chi connectivity index (χ1n) is 10.5. The van der Waals surface area contributed by atoms with Crippen LogP contribution in [0.4, 0.5) is 0 Å². The van der Waals surface area contributed by atoms with Crippen LogP contribution in [0.15, 0.2) is 91.0 Å². The van der Waals surface area contributed by atoms with Gasteiger partial charge in [-0.2, -0.15) is 0 Å². The van der Waals surface area contributed by atoms with E-state index in [0.29, 0.717) is 16.7 Å². The minimum absolute atomic E-state index is 0.116. The number of hydrogen-bond donors (Lipinski definition) is 0. The monoisotopic (exact) mass is 446 g/mol. The zero-order valence-electron chi connectivity index (χ0n) is 17.7. The summed E-state index contributed by atoms with van der Waals surface area (Å²) in [5.74, 6) is -1.63. The summed E-state index contributed by atoms with van der Waals surface area (Å²) in [7, 11) is 0. The van der Waals surface area contributed by atoms with Gasteiger partial charge in [-0.05, 0) is 36.4 Å². The van der Waals surface area contributed by atoms with Crippen molar-refractivity contribution < 1.29 is 33.3 Å². The molecule has 3 aromatic rings. The number of carbonyl (C=O) groups is 3. The summed E-state index contributed by atoms with van der Waals surface area (Å²) in [6, 6.07) is 25.5. The molecule has 0 spiro atoms. The normalized spacial score (nSPS) is 19.5. The molecule has 1 aliphatic rings. The van der Waals surface area contributed by atoms with Crippen molar-refractivity contribution in [3.05, 3.63) is 108 Å². The molecule has 0 bridgehead atoms. The van der Waals surface area contributed by atoms with Crippen LogP contribution in [0.1, 0.15) is 37.5 Å². The first-order chi connectivity index (χ1) is 16.1. The molecule has 4 rings (SSSR count). The lowest BCUT2D eigenvalue weighted by Crippen LogP contribution is -2.32. The summed E-state index contributed by atoms with van der Waals surface area (Å²) in [4.78, 5) is 37.3. The van der Waals surface area contributed by atoms with Gasteiger partial charge < -0.3 is 18.9 Å². The number of hydrogen-bond acceptors (Lipinski definition) is 7. The van der Waals surface area contributed by atoms with Gasteiger partial charge in [0.25, 0.3) is 0 Å². The Balaban J connectivity index is 1.43. The van der Waals surface area contributed by atoms with Gasteiger partial charge in [-0.3, -0.25) is 0 Å². The molecule has 0 unspecified atom stereocenters. The fraction of sp³-hybridized carbons (Fsp3) is 0.192. The van der Waals surface area contributed by atoms with Crippen LogP contribution in [-0.2, 0) is 18.9 Å². The fourth-order valence-corrected chi connectivity index (χ4v) is 3.38. The number of carbonyl (C=O) groups excluding carboxylic acids is 3. The number of esters is 3. The number of rotatable bonds is 7. The van der Waals surface area contributed by atoms with E-state index in [1.165, 1.54) is 0 Å². The maximum atomic E-state index is 12.6. The summed E-state index contributed by atoms with van der Waals surface area (Å²) in [6.45, 7) is -0.167. The Labute approximate surface area is 190 Å². The van der Waals surface area contributed by atoms with Crippen molar-refractivity contribution in [2.75, 3.05) is 6.61 Å². The van der Waals surface area contributed by atoms with Crippen LogP contribution < -0.4 is 0 Å². The summed E-state index contributed by atoms with van der Waals surface area (Å²) in [5, 5.41) is 0. The van der Waals surface area contributed by atoms with E-state index >= 15 is 0 Å². The lowest BCUT2D eigenvalue weighted by molar-refractivity contribution is -0.117. The summed E-state index contributed by atoms with van der Waals surface area (Å²) in [5.41, 5.74) is 1.14. The molecule has 1 fully saturated rings. The van der Waals surface area contributed by atoms with Crippen molar-refractivity contribution in [2.45, 2.75) is 24.9 Å². The van der Waals surface area contributed by atoms with E-state index in [2.05, 4.69) is 0 Å². The Morgan fingerprint density at radius 2 is 1.12 bits per heavy atom. The minimum atomic E-state index is -0.952. The first kappa shape index (κ1) is 22.2. The maximum Gasteiger partial charge on any atom is 0.340 e. The van der Waals surface area contributed by atoms with Crippen LogP contribution >= 0.6 is 0 Å². The molecule has 0 aliphatic carbocycles. The van der Waals surface area contributed by atoms with Gasteiger partial charge in [0.1, 0.15) is 18.8 Å². The zero-order valence-corrected chi connectivity index (χ0v) is 17.7. The van der Waals surface area contributed by atoms with Crippen molar-refractivity contribution in [3.8, 4) is 0 Å². The molecule has 33 heavy (non-hydrogen) atoms. The van der Waals surface area contributed by atoms with Gasteiger partial charge >= 0.3 is 17.9 Å². The molecule has 0 radical (unpaired) electrons. The SMILES string of the molecule is O=C(OC[C@H]1O[C@@H](OC(=O)c2ccccc2)C[C@H]1OC(=O)c1ccccc1)c1ccccc1. The second-order valence-corrected chi connectivity index (χ2v) is 7.39. The molecular weight excluding hydrogens is 424 g/mol. The third-order valence-electron chi connectivity index (χ3n) is 5.07. The molecule has 0 saturated carbocycles. The van der Waals surface area contributed by atoms with Gasteiger partial charge in [-0.15, -0.1) is 0 Å². The third kappa shape index (κ3) is 5.84. The van der Waals surface area contributed by atoms with Gasteiger partial charge in [0.15, 0.2) is 0 Å². The highest BCUT2D eigenvalue weighted by Gasteiger charge is 2.41. The van der Waals surface area contributed by atoms with Gasteiger partial charge in [0.2, 0.25) is 6.29 Å². The average Bonchev–Trinajstić information content (AvgIpc) is 3.24. The Kier molecular flexibility index (Phi) is 7.12. The van der Waals surface area contributed by atoms with Crippen LogP contribution in [-0.4, -0.2) is 43.0 Å². The average molecular weight is 446 g/mol. The first-order valence-corrected chi connectivity index (χ1v) is 10.5. The molecule has 0 amide bonds. The Morgan fingerprint density at radius 1 is 0.667 bits per heavy atom. The summed E-state index contributed by atoms with van der Waals surface area (Å²) in [6.07, 6.45) is -2.40. The maximum absolute atomic E-state index is 12.6. The number of benzene rings is 3. The van der Waals surface area contributed by atoms with Crippen LogP contribution in [0, 0.1) is 0 Å². The highest BCUT2D eigenvalue weighted by Crippen LogP contribution is 2.27. The van der Waals surface area contributed by atoms with E-state index in [4.69, 9.17) is 18.9 Å². The lowest BCUT2D eigenvalue weighted by Gasteiger charge is -2.18. The smallest absolute Gasteiger partial charge is 0.340 e. The second kappa shape index (κ2) is 10.6. The quantitative estimate of drug-likeness (QED) is 0.400. The molecule has 3 atom stereocenters. The van der Waals surface area contributed by atoms with Crippen molar-refractivity contribution in [1.82, 2.24) is 0 Å². The molecule has 0 N–H and O–H groups in total. The summed E-state index contributed by atoms with van der Waals surface area (Å²) >= 11 is 0. The molecule has 1 heterocycles. The molecule has 7 heteroatoms. The van der Waals surface area contributed by atoms with Gasteiger partial charge in [-0.1, -0.05) is 54.6 Å². The highest BCUT2D eigenvalue weighted by molar-refractivity contribution is 5.90. The van der Waals surface area contributed by atoms with Crippen molar-refractivity contribution in [3.63, 3.8) is 0 Å². The van der Waals surface area contributed by atoms with E-state index in [1.807, 2.05) is 0 Å². The second-order valence-electron chi connectivity index (χ2n) is 7.39. The molecule has 1 saturated heterocycles. The van der Waals surface area contributed by atoms with Crippen LogP contribution in [0.2, 0.25) is 0 Å². The number of ether oxygens (including phenoxy) is 4. The van der Waals surface area contributed by atoms with Gasteiger partial charge in [-0.25, -0.2) is 14.4 Å². The Bertz CT molecular complexity index is 1080. The van der Waals surface area contributed by atoms with E-state index < -0.39 is 36.4 Å². The predicted octanol–water partition coefficient (Wildman–Crippen LogP) is 4.04. The van der Waals surface area contributed by atoms with Crippen molar-refractivity contribution >= 4 is 17.9 Å². The molecule has 0 aromatic heterocycles. The van der Waals surface area contributed by atoms with E-state index in [0.717, 1.165) is 0 Å². The zero-order chi connectivity index (χ0) is 23.0.